The third-order valence-electron chi connectivity index (χ3n) is 6.60. The van der Waals surface area contributed by atoms with Gasteiger partial charge in [0.2, 0.25) is 5.78 Å². The average Bonchev–Trinajstić information content (AvgIpc) is 3.27. The molecule has 7 heteroatoms. The van der Waals surface area contributed by atoms with Gasteiger partial charge in [-0.05, 0) is 42.5 Å². The van der Waals surface area contributed by atoms with Crippen LogP contribution < -0.4 is 18.9 Å². The minimum absolute atomic E-state index is 0.0799. The molecule has 0 saturated carbocycles. The van der Waals surface area contributed by atoms with Crippen molar-refractivity contribution in [3.8, 4) is 23.0 Å². The van der Waals surface area contributed by atoms with Gasteiger partial charge in [-0.2, -0.15) is 0 Å². The Hall–Kier alpha value is -4.91. The van der Waals surface area contributed by atoms with Crippen LogP contribution >= 0.6 is 0 Å². The first kappa shape index (κ1) is 23.5. The molecule has 4 aromatic rings. The summed E-state index contributed by atoms with van der Waals surface area (Å²) in [5.41, 5.74) is 3.36. The fourth-order valence-corrected chi connectivity index (χ4v) is 4.83. The number of ketones is 1. The quantitative estimate of drug-likeness (QED) is 0.188. The first-order valence-electron chi connectivity index (χ1n) is 12.2. The molecule has 2 aliphatic heterocycles. The molecule has 2 aliphatic rings. The molecular formula is C31H23NO6. The van der Waals surface area contributed by atoms with E-state index in [0.29, 0.717) is 34.1 Å². The lowest BCUT2D eigenvalue weighted by molar-refractivity contribution is -0.135. The fraction of sp³-hybridized carbons (Fsp3) is 0.129. The van der Waals surface area contributed by atoms with E-state index in [1.807, 2.05) is 66.7 Å². The highest BCUT2D eigenvalue weighted by atomic mass is 16.5. The van der Waals surface area contributed by atoms with Gasteiger partial charge in [0.1, 0.15) is 29.6 Å². The zero-order chi connectivity index (χ0) is 26.1. The van der Waals surface area contributed by atoms with E-state index in [1.165, 1.54) is 0 Å². The maximum absolute atomic E-state index is 13.3. The number of nitrogens with zero attached hydrogens (tertiary/aromatic N) is 1. The van der Waals surface area contributed by atoms with Crippen LogP contribution in [0, 0.1) is 0 Å². The van der Waals surface area contributed by atoms with Gasteiger partial charge in [0, 0.05) is 28.8 Å². The molecule has 3 aromatic carbocycles. The predicted octanol–water partition coefficient (Wildman–Crippen LogP) is 5.73. The van der Waals surface area contributed by atoms with E-state index in [-0.39, 0.29) is 30.5 Å². The molecule has 6 rings (SSSR count). The molecule has 0 fully saturated rings. The van der Waals surface area contributed by atoms with Gasteiger partial charge in [0.05, 0.1) is 24.8 Å². The number of esters is 1. The summed E-state index contributed by atoms with van der Waals surface area (Å²) in [5, 5.41) is 0. The molecular weight excluding hydrogens is 482 g/mol. The van der Waals surface area contributed by atoms with E-state index in [0.717, 1.165) is 16.8 Å². The molecule has 0 spiro atoms. The Labute approximate surface area is 219 Å². The molecule has 3 heterocycles. The van der Waals surface area contributed by atoms with Gasteiger partial charge in [-0.15, -0.1) is 0 Å². The summed E-state index contributed by atoms with van der Waals surface area (Å²) in [6, 6.07) is 23.9. The Bertz CT molecular complexity index is 1580. The van der Waals surface area contributed by atoms with E-state index in [4.69, 9.17) is 18.9 Å². The van der Waals surface area contributed by atoms with Crippen molar-refractivity contribution in [2.45, 2.75) is 18.9 Å². The molecule has 188 valence electrons. The summed E-state index contributed by atoms with van der Waals surface area (Å²) in [6.07, 6.45) is 3.46. The molecule has 7 nitrogen and oxygen atoms in total. The van der Waals surface area contributed by atoms with Crippen LogP contribution in [0.15, 0.2) is 90.8 Å². The number of rotatable bonds is 6. The smallest absolute Gasteiger partial charge is 0.312 e. The standard InChI is InChI=1S/C31H23NO6/c1-35-24-11-4-2-8-19(24)16-27-30(34)22-13-14-26-29(31(22)38-27)23(17-28(33)37-26)21-10-3-5-12-25(21)36-18-20-9-6-7-15-32-20/h2-16,23H,17-18H2,1H3/b27-16-. The maximum Gasteiger partial charge on any atom is 0.312 e. The van der Waals surface area contributed by atoms with Crippen molar-refractivity contribution in [3.05, 3.63) is 119 Å². The Morgan fingerprint density at radius 1 is 0.921 bits per heavy atom. The van der Waals surface area contributed by atoms with Crippen molar-refractivity contribution < 1.29 is 28.5 Å². The van der Waals surface area contributed by atoms with Crippen molar-refractivity contribution in [1.82, 2.24) is 4.98 Å². The van der Waals surface area contributed by atoms with E-state index in [1.54, 1.807) is 31.5 Å². The lowest BCUT2D eigenvalue weighted by atomic mass is 9.84. The second kappa shape index (κ2) is 9.86. The molecule has 1 aromatic heterocycles. The van der Waals surface area contributed by atoms with Crippen LogP contribution in [-0.2, 0) is 11.4 Å². The summed E-state index contributed by atoms with van der Waals surface area (Å²) >= 11 is 0. The van der Waals surface area contributed by atoms with Gasteiger partial charge < -0.3 is 18.9 Å². The molecule has 1 atom stereocenters. The van der Waals surface area contributed by atoms with E-state index >= 15 is 0 Å². The molecule has 0 N–H and O–H groups in total. The first-order valence-corrected chi connectivity index (χ1v) is 12.2. The molecule has 0 bridgehead atoms. The number of pyridine rings is 1. The molecule has 0 amide bonds. The Morgan fingerprint density at radius 2 is 1.71 bits per heavy atom. The zero-order valence-corrected chi connectivity index (χ0v) is 20.5. The number of fused-ring (bicyclic) bond motifs is 3. The van der Waals surface area contributed by atoms with Gasteiger partial charge in [-0.3, -0.25) is 14.6 Å². The van der Waals surface area contributed by atoms with Crippen LogP contribution in [0.25, 0.3) is 6.08 Å². The Balaban J connectivity index is 1.40. The first-order chi connectivity index (χ1) is 18.6. The lowest BCUT2D eigenvalue weighted by Crippen LogP contribution is -2.22. The summed E-state index contributed by atoms with van der Waals surface area (Å²) in [7, 11) is 1.58. The summed E-state index contributed by atoms with van der Waals surface area (Å²) < 4.78 is 23.3. The Morgan fingerprint density at radius 3 is 2.53 bits per heavy atom. The number of hydrogen-bond acceptors (Lipinski definition) is 7. The number of ether oxygens (including phenoxy) is 4. The number of carbonyl (C=O) groups excluding carboxylic acids is 2. The topological polar surface area (TPSA) is 83.9 Å². The van der Waals surface area contributed by atoms with Crippen LogP contribution in [0.4, 0.5) is 0 Å². The number of Topliss-reactive ketones (excluding diaryl/α,β-unsaturated/α-hetero) is 1. The number of carbonyl (C=O) groups is 2. The monoisotopic (exact) mass is 505 g/mol. The summed E-state index contributed by atoms with van der Waals surface area (Å²) in [6.45, 7) is 0.273. The van der Waals surface area contributed by atoms with Crippen molar-refractivity contribution in [3.63, 3.8) is 0 Å². The molecule has 38 heavy (non-hydrogen) atoms. The van der Waals surface area contributed by atoms with Crippen LogP contribution in [0.2, 0.25) is 0 Å². The third-order valence-corrected chi connectivity index (χ3v) is 6.60. The largest absolute Gasteiger partial charge is 0.496 e. The second-order valence-electron chi connectivity index (χ2n) is 8.91. The highest BCUT2D eigenvalue weighted by Crippen LogP contribution is 2.50. The van der Waals surface area contributed by atoms with Crippen molar-refractivity contribution in [2.75, 3.05) is 7.11 Å². The summed E-state index contributed by atoms with van der Waals surface area (Å²) in [4.78, 5) is 30.3. The van der Waals surface area contributed by atoms with Gasteiger partial charge in [-0.25, -0.2) is 0 Å². The van der Waals surface area contributed by atoms with Crippen molar-refractivity contribution in [2.24, 2.45) is 0 Å². The number of allylic oxidation sites excluding steroid dienone is 1. The molecule has 0 radical (unpaired) electrons. The fourth-order valence-electron chi connectivity index (χ4n) is 4.83. The minimum atomic E-state index is -0.431. The minimum Gasteiger partial charge on any atom is -0.496 e. The van der Waals surface area contributed by atoms with Crippen LogP contribution in [0.5, 0.6) is 23.0 Å². The Kier molecular flexibility index (Phi) is 6.09. The third kappa shape index (κ3) is 4.28. The molecule has 1 unspecified atom stereocenters. The van der Waals surface area contributed by atoms with E-state index in [9.17, 15) is 9.59 Å². The second-order valence-corrected chi connectivity index (χ2v) is 8.91. The van der Waals surface area contributed by atoms with Crippen LogP contribution in [-0.4, -0.2) is 23.8 Å². The molecule has 0 saturated heterocycles. The van der Waals surface area contributed by atoms with Crippen molar-refractivity contribution in [1.29, 1.82) is 0 Å². The number of methoxy groups -OCH3 is 1. The number of hydrogen-bond donors (Lipinski definition) is 0. The molecule has 0 aliphatic carbocycles. The maximum atomic E-state index is 13.3. The van der Waals surface area contributed by atoms with Crippen LogP contribution in [0.1, 0.15) is 45.1 Å². The zero-order valence-electron chi connectivity index (χ0n) is 20.5. The summed E-state index contributed by atoms with van der Waals surface area (Å²) in [5.74, 6) is 1.14. The average molecular weight is 506 g/mol. The van der Waals surface area contributed by atoms with Gasteiger partial charge >= 0.3 is 5.97 Å². The van der Waals surface area contributed by atoms with Gasteiger partial charge in [0.25, 0.3) is 0 Å². The van der Waals surface area contributed by atoms with Gasteiger partial charge in [-0.1, -0.05) is 42.5 Å². The predicted molar refractivity (Wildman–Crippen MR) is 139 cm³/mol. The van der Waals surface area contributed by atoms with Gasteiger partial charge in [0.15, 0.2) is 5.76 Å². The highest BCUT2D eigenvalue weighted by molar-refractivity contribution is 6.15. The number of para-hydroxylation sites is 2. The SMILES string of the molecule is COc1ccccc1/C=C1\Oc2c(ccc3c2C(c2ccccc2OCc2ccccn2)CC(=O)O3)C1=O. The van der Waals surface area contributed by atoms with Crippen molar-refractivity contribution >= 4 is 17.8 Å². The van der Waals surface area contributed by atoms with E-state index < -0.39 is 5.92 Å². The lowest BCUT2D eigenvalue weighted by Gasteiger charge is -2.27. The normalized spacial score (nSPS) is 16.9. The van der Waals surface area contributed by atoms with Crippen LogP contribution in [0.3, 0.4) is 0 Å². The highest BCUT2D eigenvalue weighted by Gasteiger charge is 2.39. The number of benzene rings is 3. The number of aromatic nitrogens is 1. The van der Waals surface area contributed by atoms with E-state index in [2.05, 4.69) is 4.98 Å².